The van der Waals surface area contributed by atoms with Crippen LogP contribution in [0.15, 0.2) is 67.0 Å². The van der Waals surface area contributed by atoms with Crippen LogP contribution in [0.2, 0.25) is 0 Å². The highest BCUT2D eigenvalue weighted by Crippen LogP contribution is 2.44. The number of amides is 2. The van der Waals surface area contributed by atoms with Gasteiger partial charge in [-0.2, -0.15) is 0 Å². The Kier molecular flexibility index (Phi) is 6.18. The zero-order valence-electron chi connectivity index (χ0n) is 18.9. The zero-order chi connectivity index (χ0) is 24.4. The van der Waals surface area contributed by atoms with Gasteiger partial charge in [0, 0.05) is 12.1 Å². The predicted octanol–water partition coefficient (Wildman–Crippen LogP) is 4.43. The number of hydrogen-bond acceptors (Lipinski definition) is 5. The molecule has 5 rings (SSSR count). The van der Waals surface area contributed by atoms with Crippen LogP contribution in [-0.2, 0) is 9.53 Å². The highest BCUT2D eigenvalue weighted by Gasteiger charge is 2.35. The van der Waals surface area contributed by atoms with Gasteiger partial charge in [0.1, 0.15) is 12.6 Å². The average molecular weight is 472 g/mol. The van der Waals surface area contributed by atoms with Crippen LogP contribution in [0.4, 0.5) is 10.5 Å². The molecular weight excluding hydrogens is 446 g/mol. The Hall–Kier alpha value is -4.20. The number of carbonyl (C=O) groups is 3. The Morgan fingerprint density at radius 2 is 1.66 bits per heavy atom. The molecule has 35 heavy (non-hydrogen) atoms. The number of carbonyl (C=O) groups excluding carboxylic acids is 2. The van der Waals surface area contributed by atoms with Gasteiger partial charge in [-0.15, -0.1) is 0 Å². The Bertz CT molecular complexity index is 1240. The van der Waals surface area contributed by atoms with E-state index in [0.29, 0.717) is 0 Å². The Labute approximate surface area is 202 Å². The number of aromatic nitrogens is 1. The summed E-state index contributed by atoms with van der Waals surface area (Å²) in [7, 11) is 0. The number of alkyl carbamates (subject to hydrolysis) is 1. The van der Waals surface area contributed by atoms with Crippen LogP contribution in [0, 0.1) is 5.92 Å². The van der Waals surface area contributed by atoms with E-state index in [2.05, 4.69) is 27.8 Å². The second-order valence-electron chi connectivity index (χ2n) is 8.90. The fourth-order valence-electron chi connectivity index (χ4n) is 4.78. The molecule has 8 nitrogen and oxygen atoms in total. The topological polar surface area (TPSA) is 118 Å². The molecule has 2 aliphatic rings. The van der Waals surface area contributed by atoms with Gasteiger partial charge in [0.25, 0.3) is 0 Å². The molecule has 0 aliphatic heterocycles. The normalized spacial score (nSPS) is 15.3. The fourth-order valence-corrected chi connectivity index (χ4v) is 4.78. The summed E-state index contributed by atoms with van der Waals surface area (Å²) in [5, 5.41) is 14.6. The third kappa shape index (κ3) is 4.59. The first kappa shape index (κ1) is 22.6. The minimum absolute atomic E-state index is 0.00824. The van der Waals surface area contributed by atoms with Crippen LogP contribution < -0.4 is 10.6 Å². The van der Waals surface area contributed by atoms with Gasteiger partial charge in [-0.3, -0.25) is 9.78 Å². The molecule has 2 aromatic carbocycles. The molecule has 0 bridgehead atoms. The lowest BCUT2D eigenvalue weighted by Gasteiger charge is -2.33. The van der Waals surface area contributed by atoms with Gasteiger partial charge in [-0.1, -0.05) is 55.0 Å². The molecule has 2 aliphatic carbocycles. The van der Waals surface area contributed by atoms with Gasteiger partial charge in [0.2, 0.25) is 5.91 Å². The van der Waals surface area contributed by atoms with Crippen molar-refractivity contribution in [2.75, 3.05) is 11.9 Å². The Morgan fingerprint density at radius 3 is 2.26 bits per heavy atom. The molecule has 1 aromatic heterocycles. The minimum Gasteiger partial charge on any atom is -0.478 e. The van der Waals surface area contributed by atoms with E-state index in [4.69, 9.17) is 9.84 Å². The van der Waals surface area contributed by atoms with Crippen molar-refractivity contribution in [3.8, 4) is 11.1 Å². The smallest absolute Gasteiger partial charge is 0.407 e. The molecule has 0 saturated heterocycles. The van der Waals surface area contributed by atoms with E-state index >= 15 is 0 Å². The van der Waals surface area contributed by atoms with E-state index in [0.717, 1.165) is 41.5 Å². The second-order valence-corrected chi connectivity index (χ2v) is 8.90. The van der Waals surface area contributed by atoms with Crippen molar-refractivity contribution >= 4 is 23.7 Å². The summed E-state index contributed by atoms with van der Waals surface area (Å²) in [6.45, 7) is 0.156. The highest BCUT2D eigenvalue weighted by atomic mass is 16.5. The van der Waals surface area contributed by atoms with Crippen LogP contribution in [0.25, 0.3) is 11.1 Å². The van der Waals surface area contributed by atoms with Crippen LogP contribution in [0.1, 0.15) is 46.7 Å². The quantitative estimate of drug-likeness (QED) is 0.469. The number of fused-ring (bicyclic) bond motifs is 3. The van der Waals surface area contributed by atoms with Crippen LogP contribution in [0.5, 0.6) is 0 Å². The number of anilines is 1. The maximum atomic E-state index is 13.0. The number of hydrogen-bond donors (Lipinski definition) is 3. The van der Waals surface area contributed by atoms with Gasteiger partial charge < -0.3 is 20.5 Å². The van der Waals surface area contributed by atoms with Crippen molar-refractivity contribution in [2.45, 2.75) is 31.2 Å². The van der Waals surface area contributed by atoms with E-state index in [1.165, 1.54) is 18.5 Å². The molecule has 0 radical (unpaired) electrons. The van der Waals surface area contributed by atoms with E-state index in [9.17, 15) is 14.4 Å². The summed E-state index contributed by atoms with van der Waals surface area (Å²) in [5.74, 6) is -1.64. The number of carboxylic acid groups (broad SMARTS) is 1. The third-order valence-electron chi connectivity index (χ3n) is 6.77. The lowest BCUT2D eigenvalue weighted by molar-refractivity contribution is -0.120. The molecule has 1 heterocycles. The first-order valence-electron chi connectivity index (χ1n) is 11.6. The summed E-state index contributed by atoms with van der Waals surface area (Å²) < 4.78 is 5.62. The summed E-state index contributed by atoms with van der Waals surface area (Å²) in [6, 6.07) is 16.7. The number of aromatic carboxylic acids is 1. The van der Waals surface area contributed by atoms with Gasteiger partial charge in [-0.25, -0.2) is 9.59 Å². The van der Waals surface area contributed by atoms with E-state index in [1.54, 1.807) is 0 Å². The number of pyridine rings is 1. The zero-order valence-corrected chi connectivity index (χ0v) is 18.9. The predicted molar refractivity (Wildman–Crippen MR) is 129 cm³/mol. The van der Waals surface area contributed by atoms with Crippen molar-refractivity contribution in [3.63, 3.8) is 0 Å². The molecule has 1 unspecified atom stereocenters. The van der Waals surface area contributed by atoms with Gasteiger partial charge in [-0.05, 0) is 47.1 Å². The highest BCUT2D eigenvalue weighted by molar-refractivity contribution is 5.98. The van der Waals surface area contributed by atoms with Gasteiger partial charge >= 0.3 is 12.1 Å². The number of nitrogens with zero attached hydrogens (tertiary/aromatic N) is 1. The molecule has 3 N–H and O–H groups in total. The summed E-state index contributed by atoms with van der Waals surface area (Å²) in [5.41, 5.74) is 4.73. The van der Waals surface area contributed by atoms with Crippen molar-refractivity contribution in [3.05, 3.63) is 83.7 Å². The standard InChI is InChI=1S/C27H25N3O5/c31-25(29-18-12-17(26(32)33)13-28-14-18)24(16-6-5-7-16)30-27(34)35-15-23-21-10-3-1-8-19(21)20-9-2-4-11-22(20)23/h1-4,8-14,16,23-24H,5-7,15H2,(H,29,31)(H,30,34)(H,32,33). The largest absolute Gasteiger partial charge is 0.478 e. The Balaban J connectivity index is 1.26. The molecule has 2 amide bonds. The molecule has 0 spiro atoms. The van der Waals surface area contributed by atoms with E-state index in [1.807, 2.05) is 36.4 Å². The second kappa shape index (κ2) is 9.58. The third-order valence-corrected chi connectivity index (χ3v) is 6.77. The molecule has 1 saturated carbocycles. The maximum absolute atomic E-state index is 13.0. The SMILES string of the molecule is O=C(NC(C(=O)Nc1cncc(C(=O)O)c1)C1CCC1)OCC1c2ccccc2-c2ccccc21. The van der Waals surface area contributed by atoms with E-state index in [-0.39, 0.29) is 29.7 Å². The molecular formula is C27H25N3O5. The Morgan fingerprint density at radius 1 is 1.00 bits per heavy atom. The number of benzene rings is 2. The number of carboxylic acids is 1. The lowest BCUT2D eigenvalue weighted by atomic mass is 9.79. The number of nitrogens with one attached hydrogen (secondary N) is 2. The minimum atomic E-state index is -1.14. The van der Waals surface area contributed by atoms with Crippen molar-refractivity contribution < 1.29 is 24.2 Å². The van der Waals surface area contributed by atoms with Crippen molar-refractivity contribution in [2.24, 2.45) is 5.92 Å². The number of ether oxygens (including phenoxy) is 1. The molecule has 3 aromatic rings. The average Bonchev–Trinajstić information content (AvgIpc) is 3.15. The lowest BCUT2D eigenvalue weighted by Crippen LogP contribution is -2.50. The fraction of sp³-hybridized carbons (Fsp3) is 0.259. The number of rotatable bonds is 7. The van der Waals surface area contributed by atoms with Crippen molar-refractivity contribution in [1.82, 2.24) is 10.3 Å². The summed E-state index contributed by atoms with van der Waals surface area (Å²) >= 11 is 0. The van der Waals surface area contributed by atoms with E-state index < -0.39 is 24.0 Å². The first-order valence-corrected chi connectivity index (χ1v) is 11.6. The van der Waals surface area contributed by atoms with Crippen LogP contribution in [-0.4, -0.2) is 40.7 Å². The maximum Gasteiger partial charge on any atom is 0.407 e. The van der Waals surface area contributed by atoms with Gasteiger partial charge in [0.15, 0.2) is 0 Å². The van der Waals surface area contributed by atoms with Crippen LogP contribution in [0.3, 0.4) is 0 Å². The summed E-state index contributed by atoms with van der Waals surface area (Å²) in [4.78, 5) is 40.8. The van der Waals surface area contributed by atoms with Crippen LogP contribution >= 0.6 is 0 Å². The van der Waals surface area contributed by atoms with Crippen molar-refractivity contribution in [1.29, 1.82) is 0 Å². The molecule has 1 atom stereocenters. The monoisotopic (exact) mass is 471 g/mol. The summed E-state index contributed by atoms with van der Waals surface area (Å²) in [6.07, 6.45) is 4.53. The van der Waals surface area contributed by atoms with Gasteiger partial charge in [0.05, 0.1) is 17.4 Å². The molecule has 1 fully saturated rings. The first-order chi connectivity index (χ1) is 17.0. The molecule has 178 valence electrons. The molecule has 8 heteroatoms.